The molecule has 31 heavy (non-hydrogen) atoms. The van der Waals surface area contributed by atoms with Gasteiger partial charge in [0.25, 0.3) is 5.91 Å². The van der Waals surface area contributed by atoms with Gasteiger partial charge >= 0.3 is 6.18 Å². The predicted molar refractivity (Wildman–Crippen MR) is 109 cm³/mol. The van der Waals surface area contributed by atoms with Crippen molar-refractivity contribution >= 4 is 17.4 Å². The Morgan fingerprint density at radius 1 is 1.16 bits per heavy atom. The number of ketones is 1. The highest BCUT2D eigenvalue weighted by Gasteiger charge is 2.44. The number of amides is 1. The van der Waals surface area contributed by atoms with Gasteiger partial charge in [0, 0.05) is 12.1 Å². The molecule has 8 heteroatoms. The number of alkyl halides is 3. The molecule has 2 aromatic carbocycles. The molecule has 1 aliphatic rings. The van der Waals surface area contributed by atoms with Gasteiger partial charge < -0.3 is 9.84 Å². The van der Waals surface area contributed by atoms with E-state index in [1.807, 2.05) is 13.8 Å². The van der Waals surface area contributed by atoms with Crippen molar-refractivity contribution < 1.29 is 32.6 Å². The number of aliphatic hydroxyl groups excluding tert-OH is 1. The fourth-order valence-electron chi connectivity index (χ4n) is 3.57. The summed E-state index contributed by atoms with van der Waals surface area (Å²) in [4.78, 5) is 26.9. The maximum Gasteiger partial charge on any atom is 0.416 e. The van der Waals surface area contributed by atoms with Crippen LogP contribution in [-0.2, 0) is 15.8 Å². The van der Waals surface area contributed by atoms with Crippen LogP contribution < -0.4 is 9.64 Å². The molecule has 1 atom stereocenters. The Morgan fingerprint density at radius 2 is 1.81 bits per heavy atom. The number of anilines is 1. The summed E-state index contributed by atoms with van der Waals surface area (Å²) >= 11 is 0. The average molecular weight is 433 g/mol. The van der Waals surface area contributed by atoms with E-state index >= 15 is 0 Å². The van der Waals surface area contributed by atoms with Crippen LogP contribution in [0.2, 0.25) is 0 Å². The molecule has 0 fully saturated rings. The highest BCUT2D eigenvalue weighted by atomic mass is 19.4. The van der Waals surface area contributed by atoms with Crippen LogP contribution in [0.4, 0.5) is 18.9 Å². The van der Waals surface area contributed by atoms with Crippen molar-refractivity contribution in [1.82, 2.24) is 0 Å². The van der Waals surface area contributed by atoms with E-state index < -0.39 is 35.2 Å². The number of rotatable bonds is 6. The van der Waals surface area contributed by atoms with Crippen LogP contribution in [-0.4, -0.2) is 23.9 Å². The van der Waals surface area contributed by atoms with Gasteiger partial charge in [-0.05, 0) is 41.8 Å². The van der Waals surface area contributed by atoms with Gasteiger partial charge in [-0.15, -0.1) is 0 Å². The lowest BCUT2D eigenvalue weighted by Gasteiger charge is -2.27. The summed E-state index contributed by atoms with van der Waals surface area (Å²) in [6.45, 7) is 3.64. The minimum atomic E-state index is -4.61. The third kappa shape index (κ3) is 4.42. The number of aliphatic hydroxyl groups is 1. The quantitative estimate of drug-likeness (QED) is 0.678. The maximum absolute atomic E-state index is 13.2. The number of hydrogen-bond donors (Lipinski definition) is 1. The monoisotopic (exact) mass is 433 g/mol. The Morgan fingerprint density at radius 3 is 2.35 bits per heavy atom. The highest BCUT2D eigenvalue weighted by molar-refractivity contribution is 6.16. The summed E-state index contributed by atoms with van der Waals surface area (Å²) in [6, 6.07) is 9.63. The van der Waals surface area contributed by atoms with E-state index in [0.29, 0.717) is 11.3 Å². The Balaban J connectivity index is 2.15. The van der Waals surface area contributed by atoms with Crippen LogP contribution in [0.25, 0.3) is 0 Å². The standard InChI is InChI=1S/C23H22F3NO4/c1-13(2)11-18(28)19-20(14-7-9-17(31-3)10-8-14)27(22(30)21(19)29)16-6-4-5-15(12-16)23(24,25)26/h4-10,12-13,20,29H,11H2,1-3H3. The van der Waals surface area contributed by atoms with Crippen molar-refractivity contribution in [2.24, 2.45) is 5.92 Å². The van der Waals surface area contributed by atoms with E-state index in [-0.39, 0.29) is 23.6 Å². The first-order chi connectivity index (χ1) is 14.5. The van der Waals surface area contributed by atoms with Crippen molar-refractivity contribution in [3.8, 4) is 5.75 Å². The van der Waals surface area contributed by atoms with Crippen molar-refractivity contribution in [2.75, 3.05) is 12.0 Å². The summed E-state index contributed by atoms with van der Waals surface area (Å²) < 4.78 is 44.9. The van der Waals surface area contributed by atoms with Crippen LogP contribution in [0.1, 0.15) is 37.4 Å². The van der Waals surface area contributed by atoms with Crippen LogP contribution in [0.3, 0.4) is 0 Å². The van der Waals surface area contributed by atoms with Gasteiger partial charge in [0.1, 0.15) is 5.75 Å². The fraction of sp³-hybridized carbons (Fsp3) is 0.304. The van der Waals surface area contributed by atoms with Gasteiger partial charge in [0.15, 0.2) is 11.5 Å². The number of carbonyl (C=O) groups is 2. The van der Waals surface area contributed by atoms with Gasteiger partial charge in [-0.25, -0.2) is 0 Å². The van der Waals surface area contributed by atoms with Crippen LogP contribution in [0.5, 0.6) is 5.75 Å². The minimum absolute atomic E-state index is 0.0398. The first-order valence-corrected chi connectivity index (χ1v) is 9.65. The first-order valence-electron chi connectivity index (χ1n) is 9.65. The highest BCUT2D eigenvalue weighted by Crippen LogP contribution is 2.43. The van der Waals surface area contributed by atoms with E-state index in [4.69, 9.17) is 4.74 Å². The number of benzene rings is 2. The lowest BCUT2D eigenvalue weighted by molar-refractivity contribution is -0.137. The number of hydrogen-bond acceptors (Lipinski definition) is 4. The number of Topliss-reactive ketones (excluding diaryl/α,β-unsaturated/α-hetero) is 1. The zero-order chi connectivity index (χ0) is 22.9. The lowest BCUT2D eigenvalue weighted by Crippen LogP contribution is -2.31. The predicted octanol–water partition coefficient (Wildman–Crippen LogP) is 5.23. The molecular weight excluding hydrogens is 411 g/mol. The molecule has 0 bridgehead atoms. The Labute approximate surface area is 177 Å². The zero-order valence-electron chi connectivity index (χ0n) is 17.2. The Kier molecular flexibility index (Phi) is 6.10. The summed E-state index contributed by atoms with van der Waals surface area (Å²) in [5.74, 6) is -1.61. The second kappa shape index (κ2) is 8.45. The second-order valence-corrected chi connectivity index (χ2v) is 7.68. The normalized spacial score (nSPS) is 16.9. The molecule has 0 spiro atoms. The molecule has 1 aliphatic heterocycles. The molecule has 3 rings (SSSR count). The average Bonchev–Trinajstić information content (AvgIpc) is 2.98. The van der Waals surface area contributed by atoms with Crippen LogP contribution in [0.15, 0.2) is 59.9 Å². The van der Waals surface area contributed by atoms with E-state index in [2.05, 4.69) is 0 Å². The van der Waals surface area contributed by atoms with Crippen molar-refractivity contribution in [3.05, 3.63) is 71.0 Å². The molecule has 164 valence electrons. The molecule has 1 unspecified atom stereocenters. The number of methoxy groups -OCH3 is 1. The molecular formula is C23H22F3NO4. The molecule has 0 saturated carbocycles. The first kappa shape index (κ1) is 22.4. The number of halogens is 3. The van der Waals surface area contributed by atoms with Gasteiger partial charge in [0.05, 0.1) is 24.3 Å². The summed E-state index contributed by atoms with van der Waals surface area (Å²) in [6.07, 6.45) is -4.53. The maximum atomic E-state index is 13.2. The van der Waals surface area contributed by atoms with Gasteiger partial charge in [0.2, 0.25) is 0 Å². The number of nitrogens with zero attached hydrogens (tertiary/aromatic N) is 1. The van der Waals surface area contributed by atoms with Crippen molar-refractivity contribution in [1.29, 1.82) is 0 Å². The third-order valence-corrected chi connectivity index (χ3v) is 4.99. The lowest BCUT2D eigenvalue weighted by atomic mass is 9.92. The number of carbonyl (C=O) groups excluding carboxylic acids is 2. The molecule has 0 radical (unpaired) electrons. The smallest absolute Gasteiger partial charge is 0.416 e. The molecule has 5 nitrogen and oxygen atoms in total. The fourth-order valence-corrected chi connectivity index (χ4v) is 3.57. The van der Waals surface area contributed by atoms with Crippen LogP contribution in [0, 0.1) is 5.92 Å². The topological polar surface area (TPSA) is 66.8 Å². The minimum Gasteiger partial charge on any atom is -0.503 e. The summed E-state index contributed by atoms with van der Waals surface area (Å²) in [5.41, 5.74) is -0.670. The van der Waals surface area contributed by atoms with Gasteiger partial charge in [-0.3, -0.25) is 14.5 Å². The van der Waals surface area contributed by atoms with E-state index in [0.717, 1.165) is 17.0 Å². The molecule has 0 aliphatic carbocycles. The largest absolute Gasteiger partial charge is 0.503 e. The second-order valence-electron chi connectivity index (χ2n) is 7.68. The Hall–Kier alpha value is -3.29. The van der Waals surface area contributed by atoms with E-state index in [1.54, 1.807) is 24.3 Å². The molecule has 1 amide bonds. The van der Waals surface area contributed by atoms with Gasteiger partial charge in [-0.2, -0.15) is 13.2 Å². The molecule has 2 aromatic rings. The SMILES string of the molecule is COc1ccc(C2C(C(=O)CC(C)C)=C(O)C(=O)N2c2cccc(C(F)(F)F)c2)cc1. The molecule has 1 N–H and O–H groups in total. The van der Waals surface area contributed by atoms with Gasteiger partial charge in [-0.1, -0.05) is 32.0 Å². The summed E-state index contributed by atoms with van der Waals surface area (Å²) in [7, 11) is 1.48. The van der Waals surface area contributed by atoms with Crippen molar-refractivity contribution in [3.63, 3.8) is 0 Å². The molecule has 1 heterocycles. The van der Waals surface area contributed by atoms with E-state index in [1.165, 1.54) is 19.2 Å². The molecule has 0 aromatic heterocycles. The number of ether oxygens (including phenoxy) is 1. The van der Waals surface area contributed by atoms with Crippen LogP contribution >= 0.6 is 0 Å². The van der Waals surface area contributed by atoms with E-state index in [9.17, 15) is 27.9 Å². The Bertz CT molecular complexity index is 1030. The summed E-state index contributed by atoms with van der Waals surface area (Å²) in [5, 5.41) is 10.6. The van der Waals surface area contributed by atoms with Crippen molar-refractivity contribution in [2.45, 2.75) is 32.5 Å². The third-order valence-electron chi connectivity index (χ3n) is 4.99. The molecule has 0 saturated heterocycles. The zero-order valence-corrected chi connectivity index (χ0v) is 17.2.